The average molecular weight is 85.2 g/mol. The third kappa shape index (κ3) is 1.97. The summed E-state index contributed by atoms with van der Waals surface area (Å²) in [6.07, 6.45) is 1.39. The fourth-order valence-electron chi connectivity index (χ4n) is 0.177. The maximum Gasteiger partial charge on any atom is -0.00368 e. The molecule has 0 unspecified atom stereocenters. The molecule has 0 aromatic carbocycles. The van der Waals surface area contributed by atoms with Crippen molar-refractivity contribution in [3.8, 4) is 0 Å². The standard InChI is InChI=1S/C3H7N.C2H4/c1-2-4-3-1;1-2/h4H,1-3H2;1-2H2. The van der Waals surface area contributed by atoms with Crippen LogP contribution in [-0.4, -0.2) is 13.1 Å². The van der Waals surface area contributed by atoms with Gasteiger partial charge in [-0.2, -0.15) is 0 Å². The normalized spacial score (nSPS) is 16.7. The van der Waals surface area contributed by atoms with Crippen LogP contribution in [0.25, 0.3) is 0 Å². The second-order valence-electron chi connectivity index (χ2n) is 1.10. The first kappa shape index (κ1) is 5.70. The van der Waals surface area contributed by atoms with Crippen LogP contribution in [0.1, 0.15) is 6.42 Å². The molecule has 1 saturated heterocycles. The molecule has 1 fully saturated rings. The summed E-state index contributed by atoms with van der Waals surface area (Å²) in [5, 5.41) is 3.11. The maximum atomic E-state index is 3.11. The van der Waals surface area contributed by atoms with E-state index in [2.05, 4.69) is 18.5 Å². The van der Waals surface area contributed by atoms with Crippen molar-refractivity contribution in [3.63, 3.8) is 0 Å². The first-order chi connectivity index (χ1) is 3.00. The zero-order chi connectivity index (χ0) is 4.83. The molecular formula is C5H11N. The van der Waals surface area contributed by atoms with Gasteiger partial charge >= 0.3 is 0 Å². The largest absolute Gasteiger partial charge is 0.317 e. The minimum Gasteiger partial charge on any atom is -0.317 e. The highest BCUT2D eigenvalue weighted by Crippen LogP contribution is 1.80. The monoisotopic (exact) mass is 85.1 g/mol. The van der Waals surface area contributed by atoms with Crippen LogP contribution in [0.3, 0.4) is 0 Å². The molecule has 36 valence electrons. The molecule has 1 rings (SSSR count). The van der Waals surface area contributed by atoms with E-state index in [0.29, 0.717) is 0 Å². The highest BCUT2D eigenvalue weighted by molar-refractivity contribution is 4.56. The Balaban J connectivity index is 0.000000112. The first-order valence-corrected chi connectivity index (χ1v) is 2.21. The Hall–Kier alpha value is -0.300. The Morgan fingerprint density at radius 2 is 1.33 bits per heavy atom. The van der Waals surface area contributed by atoms with Crippen LogP contribution < -0.4 is 5.32 Å². The number of nitrogens with one attached hydrogen (secondary N) is 1. The molecule has 1 N–H and O–H groups in total. The van der Waals surface area contributed by atoms with E-state index in [-0.39, 0.29) is 0 Å². The molecule has 1 heterocycles. The Morgan fingerprint density at radius 3 is 1.33 bits per heavy atom. The van der Waals surface area contributed by atoms with Crippen molar-refractivity contribution >= 4 is 0 Å². The van der Waals surface area contributed by atoms with E-state index in [1.54, 1.807) is 0 Å². The Bertz CT molecular complexity index is 19.1. The molecule has 0 aliphatic carbocycles. The molecular weight excluding hydrogens is 74.1 g/mol. The van der Waals surface area contributed by atoms with Gasteiger partial charge in [0.05, 0.1) is 0 Å². The molecule has 1 aliphatic heterocycles. The van der Waals surface area contributed by atoms with Gasteiger partial charge in [-0.15, -0.1) is 13.2 Å². The summed E-state index contributed by atoms with van der Waals surface area (Å²) in [5.41, 5.74) is 0. The molecule has 0 radical (unpaired) electrons. The lowest BCUT2D eigenvalue weighted by atomic mass is 10.3. The van der Waals surface area contributed by atoms with Gasteiger partial charge in [-0.05, 0) is 19.5 Å². The van der Waals surface area contributed by atoms with Crippen molar-refractivity contribution < 1.29 is 0 Å². The minimum absolute atomic E-state index is 1.25. The number of hydrogen-bond acceptors (Lipinski definition) is 1. The topological polar surface area (TPSA) is 12.0 Å². The lowest BCUT2D eigenvalue weighted by molar-refractivity contribution is 0.527. The predicted molar refractivity (Wildman–Crippen MR) is 28.7 cm³/mol. The van der Waals surface area contributed by atoms with E-state index in [0.717, 1.165) is 0 Å². The van der Waals surface area contributed by atoms with Gasteiger partial charge in [-0.1, -0.05) is 0 Å². The van der Waals surface area contributed by atoms with Crippen LogP contribution in [0.4, 0.5) is 0 Å². The van der Waals surface area contributed by atoms with Crippen molar-refractivity contribution in [1.29, 1.82) is 0 Å². The van der Waals surface area contributed by atoms with E-state index in [1.165, 1.54) is 19.5 Å². The highest BCUT2D eigenvalue weighted by Gasteiger charge is 1.92. The van der Waals surface area contributed by atoms with Crippen LogP contribution in [0, 0.1) is 0 Å². The molecule has 1 nitrogen and oxygen atoms in total. The van der Waals surface area contributed by atoms with Gasteiger partial charge < -0.3 is 5.32 Å². The van der Waals surface area contributed by atoms with Crippen LogP contribution in [0.5, 0.6) is 0 Å². The Kier molecular flexibility index (Phi) is 4.46. The van der Waals surface area contributed by atoms with Gasteiger partial charge in [0, 0.05) is 0 Å². The molecule has 0 atom stereocenters. The molecule has 0 bridgehead atoms. The zero-order valence-electron chi connectivity index (χ0n) is 4.04. The second-order valence-corrected chi connectivity index (χ2v) is 1.10. The zero-order valence-corrected chi connectivity index (χ0v) is 4.04. The fourth-order valence-corrected chi connectivity index (χ4v) is 0.177. The number of hydrogen-bond donors (Lipinski definition) is 1. The third-order valence-electron chi connectivity index (χ3n) is 0.707. The predicted octanol–water partition coefficient (Wildman–Crippen LogP) is 0.782. The van der Waals surface area contributed by atoms with E-state index >= 15 is 0 Å². The van der Waals surface area contributed by atoms with Crippen molar-refractivity contribution in [3.05, 3.63) is 13.2 Å². The summed E-state index contributed by atoms with van der Waals surface area (Å²) < 4.78 is 0. The maximum absolute atomic E-state index is 3.11. The van der Waals surface area contributed by atoms with Gasteiger partial charge in [-0.3, -0.25) is 0 Å². The van der Waals surface area contributed by atoms with Crippen molar-refractivity contribution in [2.24, 2.45) is 0 Å². The smallest absolute Gasteiger partial charge is 0.00368 e. The van der Waals surface area contributed by atoms with E-state index < -0.39 is 0 Å². The SMILES string of the molecule is C1CNC1.C=C. The van der Waals surface area contributed by atoms with Crippen molar-refractivity contribution in [2.75, 3.05) is 13.1 Å². The number of rotatable bonds is 0. The molecule has 0 aromatic heterocycles. The first-order valence-electron chi connectivity index (χ1n) is 2.21. The van der Waals surface area contributed by atoms with Gasteiger partial charge in [0.2, 0.25) is 0 Å². The summed E-state index contributed by atoms with van der Waals surface area (Å²) in [6, 6.07) is 0. The molecule has 0 aromatic rings. The summed E-state index contributed by atoms with van der Waals surface area (Å²) in [4.78, 5) is 0. The molecule has 0 amide bonds. The quantitative estimate of drug-likeness (QED) is 0.429. The van der Waals surface area contributed by atoms with Gasteiger partial charge in [-0.25, -0.2) is 0 Å². The summed E-state index contributed by atoms with van der Waals surface area (Å²) in [5.74, 6) is 0. The molecule has 0 saturated carbocycles. The third-order valence-corrected chi connectivity index (χ3v) is 0.707. The van der Waals surface area contributed by atoms with Gasteiger partial charge in [0.1, 0.15) is 0 Å². The summed E-state index contributed by atoms with van der Waals surface area (Å²) in [6.45, 7) is 8.50. The van der Waals surface area contributed by atoms with Crippen molar-refractivity contribution in [2.45, 2.75) is 6.42 Å². The molecule has 6 heavy (non-hydrogen) atoms. The molecule has 0 spiro atoms. The van der Waals surface area contributed by atoms with Gasteiger partial charge in [0.15, 0.2) is 0 Å². The van der Waals surface area contributed by atoms with Crippen molar-refractivity contribution in [1.82, 2.24) is 5.32 Å². The molecule has 1 aliphatic rings. The lowest BCUT2D eigenvalue weighted by Crippen LogP contribution is -2.29. The lowest BCUT2D eigenvalue weighted by Gasteiger charge is -2.09. The van der Waals surface area contributed by atoms with Crippen LogP contribution in [-0.2, 0) is 0 Å². The van der Waals surface area contributed by atoms with Crippen LogP contribution in [0.15, 0.2) is 13.2 Å². The molecule has 1 heteroatoms. The van der Waals surface area contributed by atoms with E-state index in [9.17, 15) is 0 Å². The van der Waals surface area contributed by atoms with Gasteiger partial charge in [0.25, 0.3) is 0 Å². The average Bonchev–Trinajstić information content (AvgIpc) is 1.36. The van der Waals surface area contributed by atoms with Crippen LogP contribution in [0.2, 0.25) is 0 Å². The van der Waals surface area contributed by atoms with Crippen LogP contribution >= 0.6 is 0 Å². The minimum atomic E-state index is 1.25. The van der Waals surface area contributed by atoms with E-state index in [4.69, 9.17) is 0 Å². The second kappa shape index (κ2) is 4.70. The Morgan fingerprint density at radius 1 is 1.17 bits per heavy atom. The summed E-state index contributed by atoms with van der Waals surface area (Å²) in [7, 11) is 0. The highest BCUT2D eigenvalue weighted by atomic mass is 14.9. The van der Waals surface area contributed by atoms with E-state index in [1.807, 2.05) is 0 Å². The Labute approximate surface area is 39.1 Å². The summed E-state index contributed by atoms with van der Waals surface area (Å²) >= 11 is 0. The fraction of sp³-hybridized carbons (Fsp3) is 0.600.